The van der Waals surface area contributed by atoms with Gasteiger partial charge in [-0.1, -0.05) is 0 Å². The van der Waals surface area contributed by atoms with Gasteiger partial charge in [0.15, 0.2) is 0 Å². The third kappa shape index (κ3) is 2.46. The van der Waals surface area contributed by atoms with Crippen LogP contribution in [0.5, 0.6) is 0 Å². The minimum Gasteiger partial charge on any atom is -0.467 e. The molecule has 0 amide bonds. The van der Waals surface area contributed by atoms with Crippen LogP contribution in [-0.2, 0) is 19.5 Å². The number of rotatable bonds is 3. The van der Waals surface area contributed by atoms with Gasteiger partial charge in [0.1, 0.15) is 17.9 Å². The topological polar surface area (TPSA) is 45.4 Å². The Balaban J connectivity index is 1.88. The van der Waals surface area contributed by atoms with Crippen molar-refractivity contribution in [2.75, 3.05) is 25.5 Å². The van der Waals surface area contributed by atoms with Gasteiger partial charge in [-0.15, -0.1) is 0 Å². The third-order valence-corrected chi connectivity index (χ3v) is 3.50. The summed E-state index contributed by atoms with van der Waals surface area (Å²) in [5.74, 6) is 1.95. The first kappa shape index (κ1) is 12.2. The molecule has 2 aromatic heterocycles. The highest BCUT2D eigenvalue weighted by molar-refractivity contribution is 5.48. The molecular formula is C14H18N4O. The molecule has 0 bridgehead atoms. The van der Waals surface area contributed by atoms with Crippen LogP contribution in [0, 0.1) is 0 Å². The lowest BCUT2D eigenvalue weighted by Gasteiger charge is -2.28. The van der Waals surface area contributed by atoms with Crippen LogP contribution in [0.15, 0.2) is 29.1 Å². The lowest BCUT2D eigenvalue weighted by Crippen LogP contribution is -2.30. The van der Waals surface area contributed by atoms with E-state index in [2.05, 4.69) is 26.8 Å². The normalized spacial score (nSPS) is 15.3. The number of hydrogen-bond donors (Lipinski definition) is 0. The van der Waals surface area contributed by atoms with E-state index in [0.29, 0.717) is 0 Å². The first-order chi connectivity index (χ1) is 9.24. The summed E-state index contributed by atoms with van der Waals surface area (Å²) in [7, 11) is 4.17. The van der Waals surface area contributed by atoms with E-state index in [-0.39, 0.29) is 0 Å². The first-order valence-electron chi connectivity index (χ1n) is 6.49. The molecule has 0 fully saturated rings. The summed E-state index contributed by atoms with van der Waals surface area (Å²) in [6.45, 7) is 2.69. The third-order valence-electron chi connectivity index (χ3n) is 3.50. The number of aromatic nitrogens is 2. The summed E-state index contributed by atoms with van der Waals surface area (Å²) >= 11 is 0. The minimum atomic E-state index is 0.722. The number of anilines is 1. The monoisotopic (exact) mass is 258 g/mol. The van der Waals surface area contributed by atoms with Gasteiger partial charge in [-0.3, -0.25) is 0 Å². The molecule has 100 valence electrons. The summed E-state index contributed by atoms with van der Waals surface area (Å²) in [5, 5.41) is 0. The van der Waals surface area contributed by atoms with Crippen molar-refractivity contribution in [2.45, 2.75) is 19.5 Å². The van der Waals surface area contributed by atoms with Crippen LogP contribution in [0.2, 0.25) is 0 Å². The van der Waals surface area contributed by atoms with E-state index >= 15 is 0 Å². The Bertz CT molecular complexity index is 553. The second kappa shape index (κ2) is 5.01. The maximum absolute atomic E-state index is 5.40. The fraction of sp³-hybridized carbons (Fsp3) is 0.429. The van der Waals surface area contributed by atoms with Crippen LogP contribution in [-0.4, -0.2) is 35.5 Å². The predicted octanol–water partition coefficient (Wildman–Crippen LogP) is 1.69. The molecule has 19 heavy (non-hydrogen) atoms. The Kier molecular flexibility index (Phi) is 3.21. The van der Waals surface area contributed by atoms with Gasteiger partial charge in [-0.25, -0.2) is 9.97 Å². The number of likely N-dealkylation sites (N-methyl/N-ethyl adjacent to an activating group) is 1. The molecule has 0 spiro atoms. The fourth-order valence-corrected chi connectivity index (χ4v) is 2.50. The van der Waals surface area contributed by atoms with E-state index < -0.39 is 0 Å². The molecule has 2 aromatic rings. The molecule has 1 aliphatic rings. The number of hydrogen-bond acceptors (Lipinski definition) is 5. The van der Waals surface area contributed by atoms with Crippen LogP contribution in [0.1, 0.15) is 17.0 Å². The van der Waals surface area contributed by atoms with E-state index in [9.17, 15) is 0 Å². The molecule has 3 rings (SSSR count). The Hall–Kier alpha value is -1.88. The molecule has 5 nitrogen and oxygen atoms in total. The number of nitrogens with zero attached hydrogens (tertiary/aromatic N) is 4. The second-order valence-electron chi connectivity index (χ2n) is 5.05. The average molecular weight is 258 g/mol. The van der Waals surface area contributed by atoms with E-state index in [0.717, 1.165) is 37.6 Å². The van der Waals surface area contributed by atoms with Crippen LogP contribution >= 0.6 is 0 Å². The second-order valence-corrected chi connectivity index (χ2v) is 5.05. The zero-order valence-corrected chi connectivity index (χ0v) is 11.3. The highest BCUT2D eigenvalue weighted by Crippen LogP contribution is 2.25. The SMILES string of the molecule is CN1CCc2ncnc(N(C)Cc3ccco3)c2C1. The van der Waals surface area contributed by atoms with E-state index in [1.807, 2.05) is 19.2 Å². The van der Waals surface area contributed by atoms with Gasteiger partial charge in [-0.05, 0) is 19.2 Å². The van der Waals surface area contributed by atoms with Crippen LogP contribution in [0.3, 0.4) is 0 Å². The standard InChI is InChI=1S/C14H18N4O/c1-17-6-5-13-12(9-17)14(16-10-15-13)18(2)8-11-4-3-7-19-11/h3-4,7,10H,5-6,8-9H2,1-2H3. The van der Waals surface area contributed by atoms with E-state index in [1.165, 1.54) is 11.3 Å². The largest absolute Gasteiger partial charge is 0.467 e. The zero-order valence-electron chi connectivity index (χ0n) is 11.3. The molecule has 0 saturated heterocycles. The summed E-state index contributed by atoms with van der Waals surface area (Å²) < 4.78 is 5.40. The molecule has 0 aromatic carbocycles. The number of fused-ring (bicyclic) bond motifs is 1. The molecule has 0 radical (unpaired) electrons. The molecular weight excluding hydrogens is 240 g/mol. The maximum Gasteiger partial charge on any atom is 0.136 e. The van der Waals surface area contributed by atoms with Crippen molar-refractivity contribution in [2.24, 2.45) is 0 Å². The zero-order chi connectivity index (χ0) is 13.2. The lowest BCUT2D eigenvalue weighted by atomic mass is 10.1. The highest BCUT2D eigenvalue weighted by atomic mass is 16.3. The van der Waals surface area contributed by atoms with Gasteiger partial charge in [0.25, 0.3) is 0 Å². The minimum absolute atomic E-state index is 0.722. The molecule has 5 heteroatoms. The van der Waals surface area contributed by atoms with Crippen LogP contribution in [0.4, 0.5) is 5.82 Å². The van der Waals surface area contributed by atoms with Crippen molar-refractivity contribution >= 4 is 5.82 Å². The summed E-state index contributed by atoms with van der Waals surface area (Å²) in [6.07, 6.45) is 4.36. The maximum atomic E-state index is 5.40. The van der Waals surface area contributed by atoms with Gasteiger partial charge >= 0.3 is 0 Å². The molecule has 0 N–H and O–H groups in total. The van der Waals surface area contributed by atoms with Gasteiger partial charge < -0.3 is 14.2 Å². The van der Waals surface area contributed by atoms with Crippen molar-refractivity contribution in [3.05, 3.63) is 41.7 Å². The predicted molar refractivity (Wildman–Crippen MR) is 72.9 cm³/mol. The van der Waals surface area contributed by atoms with E-state index in [1.54, 1.807) is 12.6 Å². The van der Waals surface area contributed by atoms with Crippen LogP contribution in [0.25, 0.3) is 0 Å². The quantitative estimate of drug-likeness (QED) is 0.838. The van der Waals surface area contributed by atoms with Crippen LogP contribution < -0.4 is 4.90 Å². The van der Waals surface area contributed by atoms with Crippen molar-refractivity contribution < 1.29 is 4.42 Å². The van der Waals surface area contributed by atoms with Crippen molar-refractivity contribution in [1.29, 1.82) is 0 Å². The molecule has 1 aliphatic heterocycles. The molecule has 0 aliphatic carbocycles. The van der Waals surface area contributed by atoms with Gasteiger partial charge in [-0.2, -0.15) is 0 Å². The van der Waals surface area contributed by atoms with Crippen molar-refractivity contribution in [3.63, 3.8) is 0 Å². The molecule has 3 heterocycles. The molecule has 0 unspecified atom stereocenters. The Morgan fingerprint density at radius 1 is 1.42 bits per heavy atom. The average Bonchev–Trinajstić information content (AvgIpc) is 2.90. The van der Waals surface area contributed by atoms with E-state index in [4.69, 9.17) is 4.42 Å². The summed E-state index contributed by atoms with van der Waals surface area (Å²) in [4.78, 5) is 13.3. The van der Waals surface area contributed by atoms with Gasteiger partial charge in [0, 0.05) is 32.1 Å². The van der Waals surface area contributed by atoms with Gasteiger partial charge in [0.05, 0.1) is 18.5 Å². The summed E-state index contributed by atoms with van der Waals surface area (Å²) in [6, 6.07) is 3.89. The smallest absolute Gasteiger partial charge is 0.136 e. The Labute approximate surface area is 112 Å². The number of furan rings is 1. The molecule has 0 saturated carbocycles. The highest BCUT2D eigenvalue weighted by Gasteiger charge is 2.20. The van der Waals surface area contributed by atoms with Crippen molar-refractivity contribution in [1.82, 2.24) is 14.9 Å². The summed E-state index contributed by atoms with van der Waals surface area (Å²) in [5.41, 5.74) is 2.42. The Morgan fingerprint density at radius 3 is 3.11 bits per heavy atom. The molecule has 0 atom stereocenters. The van der Waals surface area contributed by atoms with Crippen molar-refractivity contribution in [3.8, 4) is 0 Å². The Morgan fingerprint density at radius 2 is 2.32 bits per heavy atom. The first-order valence-corrected chi connectivity index (χ1v) is 6.49. The fourth-order valence-electron chi connectivity index (χ4n) is 2.50. The lowest BCUT2D eigenvalue weighted by molar-refractivity contribution is 0.309. The van der Waals surface area contributed by atoms with Gasteiger partial charge in [0.2, 0.25) is 0 Å².